The number of nitrogens with one attached hydrogen (secondary N) is 1. The van der Waals surface area contributed by atoms with E-state index < -0.39 is 11.7 Å². The summed E-state index contributed by atoms with van der Waals surface area (Å²) < 4.78 is 12.4. The maximum absolute atomic E-state index is 12.5. The number of aromatic nitrogens is 1. The number of fused-ring (bicyclic) bond motifs is 2. The van der Waals surface area contributed by atoms with E-state index in [1.54, 1.807) is 18.3 Å². The van der Waals surface area contributed by atoms with Crippen LogP contribution in [0.5, 0.6) is 11.5 Å². The molecule has 126 valence electrons. The minimum atomic E-state index is -0.631. The fraction of sp³-hybridized carbons (Fsp3) is 0.158. The van der Waals surface area contributed by atoms with E-state index in [-0.39, 0.29) is 13.3 Å². The zero-order chi connectivity index (χ0) is 17.4. The van der Waals surface area contributed by atoms with Crippen molar-refractivity contribution in [3.05, 3.63) is 59.8 Å². The molecule has 3 aromatic rings. The summed E-state index contributed by atoms with van der Waals surface area (Å²) >= 11 is 0. The predicted molar refractivity (Wildman–Crippen MR) is 91.7 cm³/mol. The van der Waals surface area contributed by atoms with Gasteiger partial charge in [-0.3, -0.25) is 9.59 Å². The van der Waals surface area contributed by atoms with Crippen LogP contribution in [0.15, 0.2) is 48.7 Å². The van der Waals surface area contributed by atoms with Crippen LogP contribution in [0.2, 0.25) is 0 Å². The number of hydrogen-bond acceptors (Lipinski definition) is 4. The van der Waals surface area contributed by atoms with Gasteiger partial charge in [0.25, 0.3) is 11.7 Å². The van der Waals surface area contributed by atoms with Crippen molar-refractivity contribution < 1.29 is 19.1 Å². The Hall–Kier alpha value is -3.28. The number of ketones is 1. The highest BCUT2D eigenvalue weighted by Crippen LogP contribution is 2.32. The van der Waals surface area contributed by atoms with Crippen molar-refractivity contribution >= 4 is 22.6 Å². The molecular formula is C19H16N2O4. The number of carbonyl (C=O) groups excluding carboxylic acids is 2. The molecule has 6 nitrogen and oxygen atoms in total. The molecule has 0 saturated heterocycles. The molecule has 0 bridgehead atoms. The summed E-state index contributed by atoms with van der Waals surface area (Å²) in [5.41, 5.74) is 2.15. The second-order valence-electron chi connectivity index (χ2n) is 5.87. The second-order valence-corrected chi connectivity index (χ2v) is 5.87. The minimum Gasteiger partial charge on any atom is -0.454 e. The number of benzene rings is 2. The number of amides is 1. The Balaban J connectivity index is 1.50. The van der Waals surface area contributed by atoms with Crippen molar-refractivity contribution in [1.29, 1.82) is 0 Å². The van der Waals surface area contributed by atoms with Crippen LogP contribution < -0.4 is 14.8 Å². The van der Waals surface area contributed by atoms with Crippen LogP contribution in [0.4, 0.5) is 0 Å². The SMILES string of the molecule is Cn1cc(C(=O)C(=O)NCc2ccc3c(c2)OCO3)c2ccccc21. The summed E-state index contributed by atoms with van der Waals surface area (Å²) in [7, 11) is 1.85. The van der Waals surface area contributed by atoms with Crippen molar-refractivity contribution in [2.45, 2.75) is 6.54 Å². The average Bonchev–Trinajstić information content (AvgIpc) is 3.23. The first-order chi connectivity index (χ1) is 12.1. The third-order valence-corrected chi connectivity index (χ3v) is 4.24. The number of rotatable bonds is 4. The highest BCUT2D eigenvalue weighted by atomic mass is 16.7. The standard InChI is InChI=1S/C19H16N2O4/c1-21-10-14(13-4-2-3-5-15(13)21)18(22)19(23)20-9-12-6-7-16-17(8-12)25-11-24-16/h2-8,10H,9,11H2,1H3,(H,20,23). The number of para-hydroxylation sites is 1. The number of nitrogens with zero attached hydrogens (tertiary/aromatic N) is 1. The summed E-state index contributed by atoms with van der Waals surface area (Å²) in [5.74, 6) is 0.153. The van der Waals surface area contributed by atoms with Crippen LogP contribution in [-0.2, 0) is 18.4 Å². The molecule has 6 heteroatoms. The average molecular weight is 336 g/mol. The Morgan fingerprint density at radius 1 is 1.12 bits per heavy atom. The van der Waals surface area contributed by atoms with E-state index in [2.05, 4.69) is 5.32 Å². The Labute approximate surface area is 144 Å². The van der Waals surface area contributed by atoms with Gasteiger partial charge in [-0.1, -0.05) is 24.3 Å². The van der Waals surface area contributed by atoms with Gasteiger partial charge in [-0.15, -0.1) is 0 Å². The predicted octanol–water partition coefficient (Wildman–Crippen LogP) is 2.41. The lowest BCUT2D eigenvalue weighted by Crippen LogP contribution is -2.30. The van der Waals surface area contributed by atoms with Crippen molar-refractivity contribution in [2.24, 2.45) is 7.05 Å². The first-order valence-corrected chi connectivity index (χ1v) is 7.88. The van der Waals surface area contributed by atoms with E-state index in [0.717, 1.165) is 16.5 Å². The van der Waals surface area contributed by atoms with E-state index >= 15 is 0 Å². The van der Waals surface area contributed by atoms with Gasteiger partial charge < -0.3 is 19.4 Å². The number of ether oxygens (including phenoxy) is 2. The second kappa shape index (κ2) is 5.98. The number of hydrogen-bond donors (Lipinski definition) is 1. The fourth-order valence-electron chi connectivity index (χ4n) is 2.96. The van der Waals surface area contributed by atoms with Gasteiger partial charge in [0, 0.05) is 30.7 Å². The third kappa shape index (κ3) is 2.71. The van der Waals surface area contributed by atoms with Gasteiger partial charge >= 0.3 is 0 Å². The minimum absolute atomic E-state index is 0.199. The van der Waals surface area contributed by atoms with Gasteiger partial charge in [0.15, 0.2) is 11.5 Å². The van der Waals surface area contributed by atoms with Crippen LogP contribution in [0, 0.1) is 0 Å². The van der Waals surface area contributed by atoms with Crippen LogP contribution in [0.3, 0.4) is 0 Å². The fourth-order valence-corrected chi connectivity index (χ4v) is 2.96. The molecule has 0 atom stereocenters. The van der Waals surface area contributed by atoms with Gasteiger partial charge in [-0.25, -0.2) is 0 Å². The molecule has 1 aliphatic heterocycles. The quantitative estimate of drug-likeness (QED) is 0.587. The van der Waals surface area contributed by atoms with Crippen LogP contribution in [0.25, 0.3) is 10.9 Å². The largest absolute Gasteiger partial charge is 0.454 e. The molecule has 4 rings (SSSR count). The first kappa shape index (κ1) is 15.3. The smallest absolute Gasteiger partial charge is 0.292 e. The van der Waals surface area contributed by atoms with Crippen molar-refractivity contribution in [2.75, 3.05) is 6.79 Å². The molecule has 0 aliphatic carbocycles. The monoisotopic (exact) mass is 336 g/mol. The maximum atomic E-state index is 12.5. The highest BCUT2D eigenvalue weighted by Gasteiger charge is 2.21. The van der Waals surface area contributed by atoms with E-state index in [0.29, 0.717) is 17.1 Å². The molecule has 2 heterocycles. The molecule has 1 amide bonds. The lowest BCUT2D eigenvalue weighted by Gasteiger charge is -2.05. The van der Waals surface area contributed by atoms with Crippen molar-refractivity contribution in [3.8, 4) is 11.5 Å². The molecule has 0 spiro atoms. The lowest BCUT2D eigenvalue weighted by molar-refractivity contribution is -0.117. The molecule has 2 aromatic carbocycles. The van der Waals surface area contributed by atoms with Crippen LogP contribution in [0.1, 0.15) is 15.9 Å². The normalized spacial score (nSPS) is 12.4. The summed E-state index contributed by atoms with van der Waals surface area (Å²) in [5, 5.41) is 3.44. The van der Waals surface area contributed by atoms with Gasteiger partial charge in [0.2, 0.25) is 6.79 Å². The van der Waals surface area contributed by atoms with E-state index in [1.165, 1.54) is 0 Å². The van der Waals surface area contributed by atoms with Crippen LogP contribution in [-0.4, -0.2) is 23.1 Å². The van der Waals surface area contributed by atoms with Gasteiger partial charge in [0.1, 0.15) is 0 Å². The van der Waals surface area contributed by atoms with E-state index in [9.17, 15) is 9.59 Å². The zero-order valence-corrected chi connectivity index (χ0v) is 13.6. The summed E-state index contributed by atoms with van der Waals surface area (Å²) in [6.07, 6.45) is 1.69. The molecule has 0 fully saturated rings. The Bertz CT molecular complexity index is 990. The molecular weight excluding hydrogens is 320 g/mol. The van der Waals surface area contributed by atoms with Crippen LogP contribution >= 0.6 is 0 Å². The Kier molecular flexibility index (Phi) is 3.65. The molecule has 0 unspecified atom stereocenters. The number of Topliss-reactive ketones (excluding diaryl/α,β-unsaturated/α-hetero) is 1. The molecule has 1 N–H and O–H groups in total. The van der Waals surface area contributed by atoms with Crippen molar-refractivity contribution in [3.63, 3.8) is 0 Å². The molecule has 0 saturated carbocycles. The molecule has 25 heavy (non-hydrogen) atoms. The Morgan fingerprint density at radius 3 is 2.80 bits per heavy atom. The highest BCUT2D eigenvalue weighted by molar-refractivity contribution is 6.44. The van der Waals surface area contributed by atoms with E-state index in [1.807, 2.05) is 41.9 Å². The lowest BCUT2D eigenvalue weighted by atomic mass is 10.1. The zero-order valence-electron chi connectivity index (χ0n) is 13.6. The van der Waals surface area contributed by atoms with Crippen molar-refractivity contribution in [1.82, 2.24) is 9.88 Å². The summed E-state index contributed by atoms with van der Waals surface area (Å²) in [6, 6.07) is 12.9. The molecule has 1 aliphatic rings. The summed E-state index contributed by atoms with van der Waals surface area (Å²) in [6.45, 7) is 0.441. The molecule has 0 radical (unpaired) electrons. The number of carbonyl (C=O) groups is 2. The van der Waals surface area contributed by atoms with E-state index in [4.69, 9.17) is 9.47 Å². The maximum Gasteiger partial charge on any atom is 0.292 e. The molecule has 1 aromatic heterocycles. The van der Waals surface area contributed by atoms with Gasteiger partial charge in [-0.05, 0) is 23.8 Å². The summed E-state index contributed by atoms with van der Waals surface area (Å²) in [4.78, 5) is 24.8. The topological polar surface area (TPSA) is 69.6 Å². The third-order valence-electron chi connectivity index (χ3n) is 4.24. The number of aryl methyl sites for hydroxylation is 1. The first-order valence-electron chi connectivity index (χ1n) is 7.88. The Morgan fingerprint density at radius 2 is 1.92 bits per heavy atom. The van der Waals surface area contributed by atoms with Gasteiger partial charge in [-0.2, -0.15) is 0 Å². The van der Waals surface area contributed by atoms with Gasteiger partial charge in [0.05, 0.1) is 5.56 Å².